The Labute approximate surface area is 90.6 Å². The molecule has 0 saturated carbocycles. The maximum Gasteiger partial charge on any atom is 0.210 e. The lowest BCUT2D eigenvalue weighted by Gasteiger charge is -2.11. The van der Waals surface area contributed by atoms with E-state index >= 15 is 0 Å². The Hall–Kier alpha value is -1.55. The summed E-state index contributed by atoms with van der Waals surface area (Å²) in [5.41, 5.74) is 5.94. The van der Waals surface area contributed by atoms with E-state index in [0.717, 1.165) is 5.69 Å². The maximum absolute atomic E-state index is 5.35. The lowest BCUT2D eigenvalue weighted by atomic mass is 10.1. The third-order valence-electron chi connectivity index (χ3n) is 2.10. The molecule has 15 heavy (non-hydrogen) atoms. The van der Waals surface area contributed by atoms with E-state index < -0.39 is 0 Å². The lowest BCUT2D eigenvalue weighted by Crippen LogP contribution is -2.36. The predicted molar refractivity (Wildman–Crippen MR) is 64.8 cm³/mol. The molecule has 0 aromatic heterocycles. The Kier molecular flexibility index (Phi) is 4.12. The second kappa shape index (κ2) is 5.36. The summed E-state index contributed by atoms with van der Waals surface area (Å²) in [7, 11) is 0. The standard InChI is InChI=1S/C11H18N4/c1-4-13-11(15-12)14-10-7-8(2)5-6-9(10)3/h5-7H,4,12H2,1-3H3,(H2,13,14,15). The third kappa shape index (κ3) is 3.25. The number of rotatable bonds is 2. The van der Waals surface area contributed by atoms with E-state index in [0.29, 0.717) is 12.5 Å². The summed E-state index contributed by atoms with van der Waals surface area (Å²) in [6.45, 7) is 6.75. The Bertz CT molecular complexity index is 358. The maximum atomic E-state index is 5.35. The van der Waals surface area contributed by atoms with E-state index in [1.165, 1.54) is 11.1 Å². The molecule has 1 aromatic carbocycles. The van der Waals surface area contributed by atoms with E-state index in [4.69, 9.17) is 5.84 Å². The highest BCUT2D eigenvalue weighted by atomic mass is 15.3. The van der Waals surface area contributed by atoms with Crippen LogP contribution >= 0.6 is 0 Å². The first kappa shape index (κ1) is 11.5. The Morgan fingerprint density at radius 3 is 2.73 bits per heavy atom. The van der Waals surface area contributed by atoms with Crippen LogP contribution in [0.1, 0.15) is 18.1 Å². The molecular weight excluding hydrogens is 188 g/mol. The molecule has 0 aliphatic carbocycles. The molecule has 4 heteroatoms. The van der Waals surface area contributed by atoms with Crippen LogP contribution in [0.2, 0.25) is 0 Å². The molecule has 1 rings (SSSR count). The number of nitrogens with zero attached hydrogens (tertiary/aromatic N) is 1. The Morgan fingerprint density at radius 1 is 1.40 bits per heavy atom. The van der Waals surface area contributed by atoms with E-state index in [1.54, 1.807) is 0 Å². The monoisotopic (exact) mass is 206 g/mol. The van der Waals surface area contributed by atoms with Gasteiger partial charge < -0.3 is 5.32 Å². The lowest BCUT2D eigenvalue weighted by molar-refractivity contribution is 0.985. The summed E-state index contributed by atoms with van der Waals surface area (Å²) in [4.78, 5) is 4.18. The fourth-order valence-electron chi connectivity index (χ4n) is 1.28. The summed E-state index contributed by atoms with van der Waals surface area (Å²) in [5.74, 6) is 5.94. The molecule has 0 aliphatic heterocycles. The van der Waals surface area contributed by atoms with Crippen LogP contribution in [-0.2, 0) is 0 Å². The van der Waals surface area contributed by atoms with Gasteiger partial charge in [-0.15, -0.1) is 0 Å². The van der Waals surface area contributed by atoms with Crippen molar-refractivity contribution in [3.63, 3.8) is 0 Å². The summed E-state index contributed by atoms with van der Waals surface area (Å²) in [6, 6.07) is 6.21. The fourth-order valence-corrected chi connectivity index (χ4v) is 1.28. The average molecular weight is 206 g/mol. The van der Waals surface area contributed by atoms with Gasteiger partial charge in [0.2, 0.25) is 5.96 Å². The van der Waals surface area contributed by atoms with Crippen LogP contribution in [0.15, 0.2) is 23.2 Å². The van der Waals surface area contributed by atoms with Gasteiger partial charge in [0.05, 0.1) is 0 Å². The summed E-state index contributed by atoms with van der Waals surface area (Å²) in [6.07, 6.45) is 0. The van der Waals surface area contributed by atoms with Crippen LogP contribution < -0.4 is 16.6 Å². The Balaban J connectivity index is 2.87. The van der Waals surface area contributed by atoms with Crippen LogP contribution in [-0.4, -0.2) is 12.5 Å². The zero-order chi connectivity index (χ0) is 11.3. The molecule has 0 unspecified atom stereocenters. The number of aryl methyl sites for hydroxylation is 2. The normalized spacial score (nSPS) is 11.3. The largest absolute Gasteiger partial charge is 0.325 e. The molecule has 0 amide bonds. The summed E-state index contributed by atoms with van der Waals surface area (Å²) >= 11 is 0. The topological polar surface area (TPSA) is 62.4 Å². The number of benzene rings is 1. The molecule has 0 heterocycles. The molecule has 0 fully saturated rings. The molecule has 0 radical (unpaired) electrons. The molecule has 1 aromatic rings. The second-order valence-corrected chi connectivity index (χ2v) is 3.41. The Morgan fingerprint density at radius 2 is 2.13 bits per heavy atom. The van der Waals surface area contributed by atoms with E-state index in [-0.39, 0.29) is 0 Å². The van der Waals surface area contributed by atoms with Gasteiger partial charge in [-0.2, -0.15) is 0 Å². The number of hydrazine groups is 1. The minimum Gasteiger partial charge on any atom is -0.325 e. The van der Waals surface area contributed by atoms with Gasteiger partial charge >= 0.3 is 0 Å². The molecule has 0 atom stereocenters. The first-order valence-corrected chi connectivity index (χ1v) is 5.02. The van der Waals surface area contributed by atoms with Gasteiger partial charge in [0.25, 0.3) is 0 Å². The smallest absolute Gasteiger partial charge is 0.210 e. The van der Waals surface area contributed by atoms with E-state index in [1.807, 2.05) is 13.8 Å². The van der Waals surface area contributed by atoms with Gasteiger partial charge in [-0.05, 0) is 38.0 Å². The molecule has 0 bridgehead atoms. The van der Waals surface area contributed by atoms with E-state index in [2.05, 4.69) is 40.9 Å². The van der Waals surface area contributed by atoms with Crippen molar-refractivity contribution >= 4 is 11.6 Å². The molecule has 0 aliphatic rings. The van der Waals surface area contributed by atoms with Crippen molar-refractivity contribution in [3.8, 4) is 0 Å². The van der Waals surface area contributed by atoms with Crippen molar-refractivity contribution in [2.24, 2.45) is 10.8 Å². The fraction of sp³-hybridized carbons (Fsp3) is 0.364. The summed E-state index contributed by atoms with van der Waals surface area (Å²) in [5, 5.41) is 3.15. The van der Waals surface area contributed by atoms with Crippen molar-refractivity contribution in [1.29, 1.82) is 0 Å². The zero-order valence-electron chi connectivity index (χ0n) is 9.46. The highest BCUT2D eigenvalue weighted by molar-refractivity contribution is 5.93. The molecule has 0 saturated heterocycles. The van der Waals surface area contributed by atoms with Gasteiger partial charge in [-0.1, -0.05) is 12.1 Å². The minimum atomic E-state index is 0.589. The first-order valence-electron chi connectivity index (χ1n) is 5.02. The van der Waals surface area contributed by atoms with Gasteiger partial charge in [-0.3, -0.25) is 10.4 Å². The number of anilines is 1. The molecule has 4 nitrogen and oxygen atoms in total. The van der Waals surface area contributed by atoms with Crippen LogP contribution in [0.25, 0.3) is 0 Å². The summed E-state index contributed by atoms with van der Waals surface area (Å²) < 4.78 is 0. The van der Waals surface area contributed by atoms with Crippen LogP contribution in [0, 0.1) is 13.8 Å². The van der Waals surface area contributed by atoms with Crippen LogP contribution in [0.3, 0.4) is 0 Å². The number of nitrogens with one attached hydrogen (secondary N) is 2. The SMILES string of the molecule is CCN=C(NN)Nc1cc(C)ccc1C. The molecule has 4 N–H and O–H groups in total. The zero-order valence-corrected chi connectivity index (χ0v) is 9.46. The number of nitrogens with two attached hydrogens (primary N) is 1. The average Bonchev–Trinajstić information content (AvgIpc) is 2.22. The highest BCUT2D eigenvalue weighted by Crippen LogP contribution is 2.15. The number of hydrogen-bond donors (Lipinski definition) is 3. The number of hydrogen-bond acceptors (Lipinski definition) is 2. The van der Waals surface area contributed by atoms with Crippen molar-refractivity contribution in [2.45, 2.75) is 20.8 Å². The minimum absolute atomic E-state index is 0.589. The van der Waals surface area contributed by atoms with E-state index in [9.17, 15) is 0 Å². The van der Waals surface area contributed by atoms with Crippen molar-refractivity contribution < 1.29 is 0 Å². The van der Waals surface area contributed by atoms with Gasteiger partial charge in [0.1, 0.15) is 0 Å². The van der Waals surface area contributed by atoms with Gasteiger partial charge in [0, 0.05) is 12.2 Å². The molecular formula is C11H18N4. The van der Waals surface area contributed by atoms with Crippen LogP contribution in [0.4, 0.5) is 5.69 Å². The van der Waals surface area contributed by atoms with Gasteiger partial charge in [0.15, 0.2) is 0 Å². The highest BCUT2D eigenvalue weighted by Gasteiger charge is 2.00. The van der Waals surface area contributed by atoms with Crippen molar-refractivity contribution in [1.82, 2.24) is 5.43 Å². The quantitative estimate of drug-likeness (QED) is 0.298. The third-order valence-corrected chi connectivity index (χ3v) is 2.10. The first-order chi connectivity index (χ1) is 7.17. The van der Waals surface area contributed by atoms with Crippen molar-refractivity contribution in [2.75, 3.05) is 11.9 Å². The van der Waals surface area contributed by atoms with Crippen LogP contribution in [0.5, 0.6) is 0 Å². The molecule has 82 valence electrons. The predicted octanol–water partition coefficient (Wildman–Crippen LogP) is 1.55. The number of aliphatic imine (C=N–C) groups is 1. The second-order valence-electron chi connectivity index (χ2n) is 3.41. The molecule has 0 spiro atoms. The number of guanidine groups is 1. The van der Waals surface area contributed by atoms with Gasteiger partial charge in [-0.25, -0.2) is 5.84 Å². The van der Waals surface area contributed by atoms with Crippen molar-refractivity contribution in [3.05, 3.63) is 29.3 Å².